The molecule has 184 valence electrons. The number of morpholine rings is 1. The van der Waals surface area contributed by atoms with Gasteiger partial charge < -0.3 is 4.74 Å². The number of anilines is 1. The van der Waals surface area contributed by atoms with Crippen molar-refractivity contribution in [3.05, 3.63) is 79.9 Å². The van der Waals surface area contributed by atoms with Gasteiger partial charge in [-0.2, -0.15) is 4.31 Å². The Balaban J connectivity index is 1.61. The first-order valence-electron chi connectivity index (χ1n) is 10.6. The number of nitro groups is 2. The van der Waals surface area contributed by atoms with Crippen LogP contribution in [0.4, 0.5) is 17.1 Å². The maximum Gasteiger partial charge on any atom is 0.270 e. The molecule has 3 aromatic rings. The summed E-state index contributed by atoms with van der Waals surface area (Å²) in [4.78, 5) is 48.7. The third-order valence-corrected chi connectivity index (χ3v) is 7.92. The Morgan fingerprint density at radius 1 is 0.806 bits per heavy atom. The molecule has 2 aliphatic heterocycles. The first-order valence-corrected chi connectivity index (χ1v) is 12.0. The fraction of sp³-hybridized carbons (Fsp3) is 0.182. The summed E-state index contributed by atoms with van der Waals surface area (Å²) in [6.45, 7) is 0.895. The maximum absolute atomic E-state index is 13.3. The van der Waals surface area contributed by atoms with Crippen LogP contribution in [0.1, 0.15) is 20.7 Å². The van der Waals surface area contributed by atoms with Gasteiger partial charge in [0.15, 0.2) is 0 Å². The van der Waals surface area contributed by atoms with Gasteiger partial charge in [0.1, 0.15) is 0 Å². The molecule has 0 unspecified atom stereocenters. The zero-order valence-corrected chi connectivity index (χ0v) is 19.1. The first kappa shape index (κ1) is 23.5. The van der Waals surface area contributed by atoms with Crippen LogP contribution in [0.25, 0.3) is 10.8 Å². The minimum Gasteiger partial charge on any atom is -0.379 e. The van der Waals surface area contributed by atoms with E-state index in [1.165, 1.54) is 28.6 Å². The van der Waals surface area contributed by atoms with Crippen molar-refractivity contribution in [2.45, 2.75) is 4.90 Å². The van der Waals surface area contributed by atoms with Gasteiger partial charge in [-0.05, 0) is 29.7 Å². The number of non-ortho nitro benzene ring substituents is 2. The average molecular weight is 512 g/mol. The Kier molecular flexibility index (Phi) is 5.50. The van der Waals surface area contributed by atoms with E-state index in [4.69, 9.17) is 4.74 Å². The predicted octanol–water partition coefficient (Wildman–Crippen LogP) is 2.48. The molecule has 0 atom stereocenters. The molecule has 0 saturated carbocycles. The van der Waals surface area contributed by atoms with Gasteiger partial charge in [0, 0.05) is 42.7 Å². The molecule has 0 bridgehead atoms. The monoisotopic (exact) mass is 512 g/mol. The largest absolute Gasteiger partial charge is 0.379 e. The van der Waals surface area contributed by atoms with Crippen molar-refractivity contribution in [1.29, 1.82) is 0 Å². The standard InChI is InChI=1S/C22H16N4O9S/c27-21-18-11-15(25(29)30)9-13-10-16(26(31)32)12-19(20(13)18)22(28)24(21)14-1-3-17(4-2-14)36(33,34)23-5-7-35-8-6-23/h1-4,9-12H,5-8H2. The molecule has 2 heterocycles. The van der Waals surface area contributed by atoms with Gasteiger partial charge in [-0.3, -0.25) is 29.8 Å². The molecule has 0 aromatic heterocycles. The Morgan fingerprint density at radius 3 is 1.78 bits per heavy atom. The van der Waals surface area contributed by atoms with E-state index in [9.17, 15) is 38.2 Å². The number of benzene rings is 3. The summed E-state index contributed by atoms with van der Waals surface area (Å²) in [5, 5.41) is 22.9. The number of imide groups is 1. The van der Waals surface area contributed by atoms with Gasteiger partial charge in [-0.15, -0.1) is 0 Å². The predicted molar refractivity (Wildman–Crippen MR) is 124 cm³/mol. The van der Waals surface area contributed by atoms with Crippen LogP contribution < -0.4 is 4.90 Å². The highest BCUT2D eigenvalue weighted by Crippen LogP contribution is 2.38. The lowest BCUT2D eigenvalue weighted by Crippen LogP contribution is -2.41. The Hall–Kier alpha value is -4.27. The molecule has 1 saturated heterocycles. The van der Waals surface area contributed by atoms with Crippen molar-refractivity contribution in [2.24, 2.45) is 0 Å². The zero-order valence-electron chi connectivity index (χ0n) is 18.3. The van der Waals surface area contributed by atoms with Crippen LogP contribution in [0.2, 0.25) is 0 Å². The molecule has 14 heteroatoms. The molecule has 1 fully saturated rings. The van der Waals surface area contributed by atoms with E-state index in [1.54, 1.807) is 0 Å². The van der Waals surface area contributed by atoms with Crippen molar-refractivity contribution in [3.8, 4) is 0 Å². The summed E-state index contributed by atoms with van der Waals surface area (Å²) in [5.41, 5.74) is -1.29. The zero-order chi connectivity index (χ0) is 25.8. The van der Waals surface area contributed by atoms with Crippen LogP contribution in [0.5, 0.6) is 0 Å². The lowest BCUT2D eigenvalue weighted by atomic mass is 9.92. The van der Waals surface area contributed by atoms with E-state index in [1.807, 2.05) is 0 Å². The lowest BCUT2D eigenvalue weighted by Gasteiger charge is -2.28. The molecular formula is C22H16N4O9S. The molecule has 5 rings (SSSR count). The van der Waals surface area contributed by atoms with Crippen LogP contribution >= 0.6 is 0 Å². The van der Waals surface area contributed by atoms with Crippen molar-refractivity contribution >= 4 is 49.7 Å². The quantitative estimate of drug-likeness (QED) is 0.283. The Morgan fingerprint density at radius 2 is 1.31 bits per heavy atom. The SMILES string of the molecule is O=C1c2cc([N+](=O)[O-])cc3cc([N+](=O)[O-])cc(c23)C(=O)N1c1ccc(S(=O)(=O)N2CCOCC2)cc1. The highest BCUT2D eigenvalue weighted by molar-refractivity contribution is 7.89. The van der Waals surface area contributed by atoms with Crippen LogP contribution in [0.3, 0.4) is 0 Å². The van der Waals surface area contributed by atoms with E-state index in [0.29, 0.717) is 0 Å². The van der Waals surface area contributed by atoms with Gasteiger partial charge in [0.25, 0.3) is 23.2 Å². The van der Waals surface area contributed by atoms with Crippen molar-refractivity contribution < 1.29 is 32.6 Å². The van der Waals surface area contributed by atoms with Crippen molar-refractivity contribution in [1.82, 2.24) is 4.31 Å². The van der Waals surface area contributed by atoms with E-state index in [0.717, 1.165) is 29.2 Å². The summed E-state index contributed by atoms with van der Waals surface area (Å²) in [5.74, 6) is -1.75. The van der Waals surface area contributed by atoms with Crippen LogP contribution in [-0.2, 0) is 14.8 Å². The molecule has 0 radical (unpaired) electrons. The van der Waals surface area contributed by atoms with Crippen LogP contribution in [-0.4, -0.2) is 60.7 Å². The second-order valence-corrected chi connectivity index (χ2v) is 9.99. The molecule has 0 aliphatic carbocycles. The van der Waals surface area contributed by atoms with Gasteiger partial charge in [0.05, 0.1) is 44.8 Å². The highest BCUT2D eigenvalue weighted by Gasteiger charge is 2.37. The molecule has 3 aromatic carbocycles. The summed E-state index contributed by atoms with van der Waals surface area (Å²) in [6.07, 6.45) is 0. The minimum absolute atomic E-state index is 0.00254. The Bertz CT molecular complexity index is 1510. The number of carbonyl (C=O) groups is 2. The topological polar surface area (TPSA) is 170 Å². The summed E-state index contributed by atoms with van der Waals surface area (Å²) in [6, 6.07) is 9.17. The molecule has 2 aliphatic rings. The summed E-state index contributed by atoms with van der Waals surface area (Å²) < 4.78 is 32.2. The number of nitro benzene ring substituents is 2. The average Bonchev–Trinajstić information content (AvgIpc) is 2.87. The number of nitrogens with zero attached hydrogens (tertiary/aromatic N) is 4. The van der Waals surface area contributed by atoms with E-state index < -0.39 is 43.1 Å². The smallest absolute Gasteiger partial charge is 0.270 e. The molecule has 36 heavy (non-hydrogen) atoms. The number of ether oxygens (including phenoxy) is 1. The fourth-order valence-electron chi connectivity index (χ4n) is 4.30. The summed E-state index contributed by atoms with van der Waals surface area (Å²) in [7, 11) is -3.83. The molecule has 2 amide bonds. The number of carbonyl (C=O) groups excluding carboxylic acids is 2. The fourth-order valence-corrected chi connectivity index (χ4v) is 5.71. The van der Waals surface area contributed by atoms with Gasteiger partial charge in [-0.25, -0.2) is 13.3 Å². The van der Waals surface area contributed by atoms with Crippen molar-refractivity contribution in [2.75, 3.05) is 31.2 Å². The number of rotatable bonds is 5. The van der Waals surface area contributed by atoms with Gasteiger partial charge >= 0.3 is 0 Å². The maximum atomic E-state index is 13.3. The number of sulfonamides is 1. The Labute approximate surface area is 202 Å². The second kappa shape index (κ2) is 8.44. The molecule has 0 N–H and O–H groups in total. The lowest BCUT2D eigenvalue weighted by molar-refractivity contribution is -0.385. The molecule has 13 nitrogen and oxygen atoms in total. The third-order valence-electron chi connectivity index (χ3n) is 6.01. The number of hydrogen-bond donors (Lipinski definition) is 0. The van der Waals surface area contributed by atoms with E-state index in [2.05, 4.69) is 0 Å². The summed E-state index contributed by atoms with van der Waals surface area (Å²) >= 11 is 0. The molecular weight excluding hydrogens is 496 g/mol. The van der Waals surface area contributed by atoms with Crippen molar-refractivity contribution in [3.63, 3.8) is 0 Å². The minimum atomic E-state index is -3.83. The third kappa shape index (κ3) is 3.67. The highest BCUT2D eigenvalue weighted by atomic mass is 32.2. The first-order chi connectivity index (χ1) is 17.1. The van der Waals surface area contributed by atoms with E-state index in [-0.39, 0.29) is 58.8 Å². The van der Waals surface area contributed by atoms with E-state index >= 15 is 0 Å². The normalized spacial score (nSPS) is 16.4. The van der Waals surface area contributed by atoms with Crippen LogP contribution in [0, 0.1) is 20.2 Å². The van der Waals surface area contributed by atoms with Gasteiger partial charge in [-0.1, -0.05) is 0 Å². The molecule has 0 spiro atoms. The number of hydrogen-bond acceptors (Lipinski definition) is 9. The van der Waals surface area contributed by atoms with Gasteiger partial charge in [0.2, 0.25) is 10.0 Å². The number of amides is 2. The second-order valence-electron chi connectivity index (χ2n) is 8.06. The van der Waals surface area contributed by atoms with Crippen LogP contribution in [0.15, 0.2) is 53.4 Å².